The van der Waals surface area contributed by atoms with Gasteiger partial charge in [0.2, 0.25) is 5.13 Å². The Morgan fingerprint density at radius 3 is 2.86 bits per heavy atom. The van der Waals surface area contributed by atoms with E-state index in [1.807, 2.05) is 19.0 Å². The Morgan fingerprint density at radius 2 is 2.19 bits per heavy atom. The molecule has 21 heavy (non-hydrogen) atoms. The van der Waals surface area contributed by atoms with E-state index >= 15 is 0 Å². The molecule has 1 heterocycles. The molecule has 1 aromatic carbocycles. The number of aromatic nitrogens is 2. The fraction of sp³-hybridized carbons (Fsp3) is 0.286. The lowest BCUT2D eigenvalue weighted by molar-refractivity contribution is 0.624. The minimum absolute atomic E-state index is 0.219. The summed E-state index contributed by atoms with van der Waals surface area (Å²) in [5, 5.41) is 9.06. The van der Waals surface area contributed by atoms with Gasteiger partial charge in [0.05, 0.1) is 12.1 Å². The quantitative estimate of drug-likeness (QED) is 0.692. The number of halogens is 1. The van der Waals surface area contributed by atoms with Crippen molar-refractivity contribution in [3.8, 4) is 11.8 Å². The molecule has 0 bridgehead atoms. The molecule has 0 spiro atoms. The number of benzene rings is 1. The van der Waals surface area contributed by atoms with Crippen molar-refractivity contribution in [3.05, 3.63) is 35.1 Å². The summed E-state index contributed by atoms with van der Waals surface area (Å²) in [5.41, 5.74) is 6.68. The maximum Gasteiger partial charge on any atom is 0.208 e. The van der Waals surface area contributed by atoms with Crippen molar-refractivity contribution in [3.63, 3.8) is 0 Å². The highest BCUT2D eigenvalue weighted by Crippen LogP contribution is 2.29. The van der Waals surface area contributed by atoms with E-state index in [2.05, 4.69) is 22.0 Å². The largest absolute Gasteiger partial charge is 0.353 e. The maximum absolute atomic E-state index is 13.6. The molecule has 0 saturated carbocycles. The highest BCUT2D eigenvalue weighted by molar-refractivity contribution is 8.00. The van der Waals surface area contributed by atoms with E-state index in [9.17, 15) is 4.39 Å². The number of hydrogen-bond acceptors (Lipinski definition) is 6. The average molecular weight is 322 g/mol. The van der Waals surface area contributed by atoms with E-state index in [0.717, 1.165) is 15.0 Å². The van der Waals surface area contributed by atoms with Gasteiger partial charge in [-0.2, -0.15) is 0 Å². The van der Waals surface area contributed by atoms with Crippen molar-refractivity contribution in [1.82, 2.24) is 10.2 Å². The fourth-order valence-electron chi connectivity index (χ4n) is 1.49. The smallest absolute Gasteiger partial charge is 0.208 e. The average Bonchev–Trinajstić information content (AvgIpc) is 2.94. The van der Waals surface area contributed by atoms with Gasteiger partial charge >= 0.3 is 0 Å². The van der Waals surface area contributed by atoms with E-state index in [0.29, 0.717) is 11.3 Å². The number of nitrogens with two attached hydrogens (primary N) is 1. The van der Waals surface area contributed by atoms with Gasteiger partial charge in [-0.3, -0.25) is 0 Å². The monoisotopic (exact) mass is 322 g/mol. The van der Waals surface area contributed by atoms with Crippen LogP contribution in [0.25, 0.3) is 0 Å². The SMILES string of the molecule is CN(C)c1nnc(SCc2ccc(F)c(C#CCN)c2)s1. The normalized spacial score (nSPS) is 10.1. The summed E-state index contributed by atoms with van der Waals surface area (Å²) in [5.74, 6) is 5.78. The molecular weight excluding hydrogens is 307 g/mol. The lowest BCUT2D eigenvalue weighted by Crippen LogP contribution is -2.07. The number of nitrogens with zero attached hydrogens (tertiary/aromatic N) is 3. The van der Waals surface area contributed by atoms with E-state index in [1.54, 1.807) is 23.9 Å². The molecule has 0 amide bonds. The van der Waals surface area contributed by atoms with Crippen LogP contribution in [-0.4, -0.2) is 30.8 Å². The molecular formula is C14H15FN4S2. The van der Waals surface area contributed by atoms with Gasteiger partial charge in [-0.25, -0.2) is 4.39 Å². The molecule has 2 N–H and O–H groups in total. The molecule has 0 atom stereocenters. The molecule has 4 nitrogen and oxygen atoms in total. The molecule has 0 radical (unpaired) electrons. The lowest BCUT2D eigenvalue weighted by Gasteiger charge is -2.04. The second-order valence-corrected chi connectivity index (χ2v) is 6.53. The van der Waals surface area contributed by atoms with E-state index < -0.39 is 0 Å². The van der Waals surface area contributed by atoms with Crippen molar-refractivity contribution in [2.75, 3.05) is 25.5 Å². The van der Waals surface area contributed by atoms with Crippen LogP contribution >= 0.6 is 23.1 Å². The predicted octanol–water partition coefficient (Wildman–Crippen LogP) is 2.35. The standard InChI is InChI=1S/C14H15FN4S2/c1-19(2)13-17-18-14(21-13)20-9-10-5-6-12(15)11(8-10)4-3-7-16/h5-6,8H,7,9,16H2,1-2H3. The number of anilines is 1. The summed E-state index contributed by atoms with van der Waals surface area (Å²) in [7, 11) is 3.86. The highest BCUT2D eigenvalue weighted by Gasteiger charge is 2.07. The first-order valence-corrected chi connectivity index (χ1v) is 8.01. The minimum Gasteiger partial charge on any atom is -0.353 e. The second kappa shape index (κ2) is 7.41. The second-order valence-electron chi connectivity index (χ2n) is 4.35. The Balaban J connectivity index is 2.05. The summed E-state index contributed by atoms with van der Waals surface area (Å²) in [6.45, 7) is 0.219. The zero-order valence-corrected chi connectivity index (χ0v) is 13.4. The van der Waals surface area contributed by atoms with Crippen LogP contribution in [0.3, 0.4) is 0 Å². The van der Waals surface area contributed by atoms with E-state index in [-0.39, 0.29) is 12.4 Å². The predicted molar refractivity (Wildman–Crippen MR) is 86.1 cm³/mol. The number of thioether (sulfide) groups is 1. The molecule has 0 unspecified atom stereocenters. The molecule has 7 heteroatoms. The van der Waals surface area contributed by atoms with Crippen LogP contribution in [0.5, 0.6) is 0 Å². The van der Waals surface area contributed by atoms with Crippen LogP contribution in [0.4, 0.5) is 9.52 Å². The van der Waals surface area contributed by atoms with Gasteiger partial charge in [0.1, 0.15) is 5.82 Å². The Hall–Kier alpha value is -1.62. The third-order valence-electron chi connectivity index (χ3n) is 2.50. The molecule has 2 rings (SSSR count). The van der Waals surface area contributed by atoms with Crippen molar-refractivity contribution in [1.29, 1.82) is 0 Å². The van der Waals surface area contributed by atoms with Crippen LogP contribution in [0, 0.1) is 17.7 Å². The van der Waals surface area contributed by atoms with Crippen molar-refractivity contribution in [2.24, 2.45) is 5.73 Å². The maximum atomic E-state index is 13.6. The molecule has 2 aromatic rings. The topological polar surface area (TPSA) is 55.0 Å². The first-order chi connectivity index (χ1) is 10.1. The van der Waals surface area contributed by atoms with Crippen LogP contribution in [0.15, 0.2) is 22.5 Å². The van der Waals surface area contributed by atoms with Crippen molar-refractivity contribution >= 4 is 28.2 Å². The van der Waals surface area contributed by atoms with E-state index in [1.165, 1.54) is 17.4 Å². The number of hydrogen-bond donors (Lipinski definition) is 1. The van der Waals surface area contributed by atoms with Crippen molar-refractivity contribution in [2.45, 2.75) is 10.1 Å². The number of rotatable bonds is 4. The molecule has 0 aliphatic rings. The van der Waals surface area contributed by atoms with Crippen molar-refractivity contribution < 1.29 is 4.39 Å². The first kappa shape index (κ1) is 15.8. The summed E-state index contributed by atoms with van der Waals surface area (Å²) in [4.78, 5) is 1.92. The Bertz CT molecular complexity index is 673. The Morgan fingerprint density at radius 1 is 1.38 bits per heavy atom. The third kappa shape index (κ3) is 4.43. The van der Waals surface area contributed by atoms with Gasteiger partial charge in [-0.15, -0.1) is 10.2 Å². The lowest BCUT2D eigenvalue weighted by atomic mass is 10.1. The highest BCUT2D eigenvalue weighted by atomic mass is 32.2. The van der Waals surface area contributed by atoms with Gasteiger partial charge in [0.15, 0.2) is 4.34 Å². The summed E-state index contributed by atoms with van der Waals surface area (Å²) >= 11 is 3.10. The van der Waals surface area contributed by atoms with Gasteiger partial charge in [0.25, 0.3) is 0 Å². The molecule has 0 saturated heterocycles. The molecule has 0 aliphatic heterocycles. The molecule has 1 aromatic heterocycles. The van der Waals surface area contributed by atoms with Gasteiger partial charge in [0, 0.05) is 19.8 Å². The van der Waals surface area contributed by atoms with Gasteiger partial charge < -0.3 is 10.6 Å². The zero-order valence-electron chi connectivity index (χ0n) is 11.8. The first-order valence-electron chi connectivity index (χ1n) is 6.21. The molecule has 0 aliphatic carbocycles. The van der Waals surface area contributed by atoms with Crippen LogP contribution in [0.2, 0.25) is 0 Å². The van der Waals surface area contributed by atoms with Gasteiger partial charge in [-0.05, 0) is 17.7 Å². The zero-order chi connectivity index (χ0) is 15.2. The molecule has 0 fully saturated rings. The van der Waals surface area contributed by atoms with Gasteiger partial charge in [-0.1, -0.05) is 41.0 Å². The van der Waals surface area contributed by atoms with E-state index in [4.69, 9.17) is 5.73 Å². The fourth-order valence-corrected chi connectivity index (χ4v) is 3.20. The van der Waals surface area contributed by atoms with Crippen LogP contribution in [-0.2, 0) is 5.75 Å². The summed E-state index contributed by atoms with van der Waals surface area (Å²) in [6.07, 6.45) is 0. The minimum atomic E-state index is -0.324. The van der Waals surface area contributed by atoms with Crippen LogP contribution < -0.4 is 10.6 Å². The Kier molecular flexibility index (Phi) is 5.56. The Labute approximate surface area is 131 Å². The summed E-state index contributed by atoms with van der Waals surface area (Å²) < 4.78 is 14.5. The third-order valence-corrected chi connectivity index (χ3v) is 4.79. The molecule has 110 valence electrons. The van der Waals surface area contributed by atoms with Crippen LogP contribution in [0.1, 0.15) is 11.1 Å². The summed E-state index contributed by atoms with van der Waals surface area (Å²) in [6, 6.07) is 4.94.